The van der Waals surface area contributed by atoms with Crippen molar-refractivity contribution in [2.75, 3.05) is 5.32 Å². The lowest BCUT2D eigenvalue weighted by Gasteiger charge is -2.20. The summed E-state index contributed by atoms with van der Waals surface area (Å²) in [6.45, 7) is 8.46. The molecule has 0 saturated carbocycles. The zero-order valence-corrected chi connectivity index (χ0v) is 15.3. The van der Waals surface area contributed by atoms with Crippen LogP contribution in [0.1, 0.15) is 61.0 Å². The lowest BCUT2D eigenvalue weighted by molar-refractivity contribution is 0.102. The minimum absolute atomic E-state index is 0.221. The first-order valence-electron chi connectivity index (χ1n) is 7.70. The summed E-state index contributed by atoms with van der Waals surface area (Å²) in [7, 11) is 0. The number of carbonyl (C=O) groups is 1. The second kappa shape index (κ2) is 7.37. The molecule has 2 aromatic rings. The molecule has 2 nitrogen and oxygen atoms in total. The van der Waals surface area contributed by atoms with Gasteiger partial charge in [-0.15, -0.1) is 0 Å². The molecule has 23 heavy (non-hydrogen) atoms. The van der Waals surface area contributed by atoms with E-state index in [0.29, 0.717) is 27.4 Å². The molecule has 2 rings (SSSR count). The van der Waals surface area contributed by atoms with Crippen LogP contribution in [0.5, 0.6) is 0 Å². The van der Waals surface area contributed by atoms with E-state index in [1.165, 1.54) is 0 Å². The van der Waals surface area contributed by atoms with Crippen LogP contribution in [0, 0.1) is 0 Å². The average Bonchev–Trinajstić information content (AvgIpc) is 2.46. The van der Waals surface area contributed by atoms with Crippen molar-refractivity contribution in [3.8, 4) is 0 Å². The van der Waals surface area contributed by atoms with E-state index in [2.05, 4.69) is 45.1 Å². The predicted molar refractivity (Wildman–Crippen MR) is 99.0 cm³/mol. The molecule has 0 radical (unpaired) electrons. The maximum absolute atomic E-state index is 12.7. The van der Waals surface area contributed by atoms with E-state index >= 15 is 0 Å². The van der Waals surface area contributed by atoms with Crippen LogP contribution in [0.3, 0.4) is 0 Å². The number of hydrogen-bond donors (Lipinski definition) is 1. The number of anilines is 1. The summed E-state index contributed by atoms with van der Waals surface area (Å²) in [5, 5.41) is 3.91. The van der Waals surface area contributed by atoms with Gasteiger partial charge in [0.05, 0.1) is 10.6 Å². The average molecular weight is 350 g/mol. The zero-order chi connectivity index (χ0) is 17.1. The van der Waals surface area contributed by atoms with Crippen LogP contribution in [0.4, 0.5) is 5.69 Å². The summed E-state index contributed by atoms with van der Waals surface area (Å²) in [5.41, 5.74) is 3.54. The van der Waals surface area contributed by atoms with Gasteiger partial charge in [0.15, 0.2) is 0 Å². The van der Waals surface area contributed by atoms with Gasteiger partial charge in [0.2, 0.25) is 0 Å². The topological polar surface area (TPSA) is 29.1 Å². The molecule has 0 spiro atoms. The molecular formula is C19H21Cl2NO. The SMILES string of the molecule is CC(C)c1cccc(C(C)C)c1NC(=O)c1ccc(Cl)cc1Cl. The molecule has 122 valence electrons. The number of amides is 1. The van der Waals surface area contributed by atoms with Crippen LogP contribution >= 0.6 is 23.2 Å². The number of hydrogen-bond acceptors (Lipinski definition) is 1. The second-order valence-electron chi connectivity index (χ2n) is 6.20. The van der Waals surface area contributed by atoms with Crippen molar-refractivity contribution in [3.63, 3.8) is 0 Å². The monoisotopic (exact) mass is 349 g/mol. The van der Waals surface area contributed by atoms with Crippen molar-refractivity contribution in [2.45, 2.75) is 39.5 Å². The van der Waals surface area contributed by atoms with Crippen LogP contribution in [0.15, 0.2) is 36.4 Å². The Morgan fingerprint density at radius 1 is 0.957 bits per heavy atom. The fraction of sp³-hybridized carbons (Fsp3) is 0.316. The van der Waals surface area contributed by atoms with Gasteiger partial charge in [-0.25, -0.2) is 0 Å². The highest BCUT2D eigenvalue weighted by Crippen LogP contribution is 2.33. The Labute approximate surface area is 147 Å². The van der Waals surface area contributed by atoms with E-state index in [-0.39, 0.29) is 5.91 Å². The van der Waals surface area contributed by atoms with Gasteiger partial charge in [0, 0.05) is 10.7 Å². The largest absolute Gasteiger partial charge is 0.321 e. The molecule has 0 aliphatic heterocycles. The molecule has 0 aromatic heterocycles. The van der Waals surface area contributed by atoms with Crippen molar-refractivity contribution < 1.29 is 4.79 Å². The summed E-state index contributed by atoms with van der Waals surface area (Å²) in [4.78, 5) is 12.7. The van der Waals surface area contributed by atoms with Crippen LogP contribution in [0.25, 0.3) is 0 Å². The third-order valence-electron chi connectivity index (χ3n) is 3.79. The molecule has 0 unspecified atom stereocenters. The van der Waals surface area contributed by atoms with Crippen LogP contribution in [0.2, 0.25) is 10.0 Å². The summed E-state index contributed by atoms with van der Waals surface area (Å²) >= 11 is 12.0. The first-order chi connectivity index (χ1) is 10.8. The van der Waals surface area contributed by atoms with Gasteiger partial charge >= 0.3 is 0 Å². The molecule has 0 aliphatic carbocycles. The quantitative estimate of drug-likeness (QED) is 0.671. The van der Waals surface area contributed by atoms with E-state index in [1.807, 2.05) is 6.07 Å². The molecule has 0 aliphatic rings. The Bertz CT molecular complexity index is 697. The van der Waals surface area contributed by atoms with Crippen LogP contribution < -0.4 is 5.32 Å². The Balaban J connectivity index is 2.44. The maximum Gasteiger partial charge on any atom is 0.257 e. The second-order valence-corrected chi connectivity index (χ2v) is 7.04. The zero-order valence-electron chi connectivity index (χ0n) is 13.8. The smallest absolute Gasteiger partial charge is 0.257 e. The fourth-order valence-corrected chi connectivity index (χ4v) is 3.04. The first kappa shape index (κ1) is 17.8. The Morgan fingerprint density at radius 2 is 1.52 bits per heavy atom. The summed E-state index contributed by atoms with van der Waals surface area (Å²) in [6.07, 6.45) is 0. The van der Waals surface area contributed by atoms with Gasteiger partial charge in [-0.05, 0) is 41.2 Å². The van der Waals surface area contributed by atoms with E-state index < -0.39 is 0 Å². The summed E-state index contributed by atoms with van der Waals surface area (Å²) in [5.74, 6) is 0.399. The standard InChI is InChI=1S/C19H21Cl2NO/c1-11(2)14-6-5-7-15(12(3)4)18(14)22-19(23)16-9-8-13(20)10-17(16)21/h5-12H,1-4H3,(H,22,23). The maximum atomic E-state index is 12.7. The molecule has 0 heterocycles. The molecule has 1 amide bonds. The molecule has 1 N–H and O–H groups in total. The number of nitrogens with one attached hydrogen (secondary N) is 1. The van der Waals surface area contributed by atoms with Gasteiger partial charge in [0.25, 0.3) is 5.91 Å². The van der Waals surface area contributed by atoms with E-state index in [0.717, 1.165) is 16.8 Å². The number of rotatable bonds is 4. The predicted octanol–water partition coefficient (Wildman–Crippen LogP) is 6.49. The molecule has 0 atom stereocenters. The highest BCUT2D eigenvalue weighted by molar-refractivity contribution is 6.37. The van der Waals surface area contributed by atoms with Gasteiger partial charge in [-0.3, -0.25) is 4.79 Å². The number of carbonyl (C=O) groups excluding carboxylic acids is 1. The Hall–Kier alpha value is -1.51. The van der Waals surface area contributed by atoms with Gasteiger partial charge in [0.1, 0.15) is 0 Å². The molecule has 0 fully saturated rings. The molecule has 4 heteroatoms. The van der Waals surface area contributed by atoms with Crippen molar-refractivity contribution in [1.82, 2.24) is 0 Å². The number of halogens is 2. The van der Waals surface area contributed by atoms with Crippen LogP contribution in [-0.2, 0) is 0 Å². The van der Waals surface area contributed by atoms with Crippen molar-refractivity contribution >= 4 is 34.8 Å². The normalized spacial score (nSPS) is 11.1. The third kappa shape index (κ3) is 4.07. The van der Waals surface area contributed by atoms with Crippen LogP contribution in [-0.4, -0.2) is 5.91 Å². The Kier molecular flexibility index (Phi) is 5.72. The lowest BCUT2D eigenvalue weighted by Crippen LogP contribution is -2.16. The van der Waals surface area contributed by atoms with Gasteiger partial charge in [-0.2, -0.15) is 0 Å². The van der Waals surface area contributed by atoms with E-state index in [4.69, 9.17) is 23.2 Å². The fourth-order valence-electron chi connectivity index (χ4n) is 2.55. The number of para-hydroxylation sites is 1. The molecule has 2 aromatic carbocycles. The third-order valence-corrected chi connectivity index (χ3v) is 4.34. The lowest BCUT2D eigenvalue weighted by atomic mass is 9.92. The number of benzene rings is 2. The van der Waals surface area contributed by atoms with Gasteiger partial charge < -0.3 is 5.32 Å². The molecular weight excluding hydrogens is 329 g/mol. The van der Waals surface area contributed by atoms with E-state index in [1.54, 1.807) is 18.2 Å². The van der Waals surface area contributed by atoms with Crippen molar-refractivity contribution in [3.05, 3.63) is 63.1 Å². The highest BCUT2D eigenvalue weighted by Gasteiger charge is 2.18. The molecule has 0 saturated heterocycles. The minimum Gasteiger partial charge on any atom is -0.321 e. The Morgan fingerprint density at radius 3 is 2.00 bits per heavy atom. The van der Waals surface area contributed by atoms with Crippen molar-refractivity contribution in [1.29, 1.82) is 0 Å². The summed E-state index contributed by atoms with van der Waals surface area (Å²) in [6, 6.07) is 11.0. The van der Waals surface area contributed by atoms with E-state index in [9.17, 15) is 4.79 Å². The van der Waals surface area contributed by atoms with Gasteiger partial charge in [-0.1, -0.05) is 69.1 Å². The minimum atomic E-state index is -0.221. The summed E-state index contributed by atoms with van der Waals surface area (Å²) < 4.78 is 0. The molecule has 0 bridgehead atoms. The van der Waals surface area contributed by atoms with Crippen molar-refractivity contribution in [2.24, 2.45) is 0 Å². The highest BCUT2D eigenvalue weighted by atomic mass is 35.5. The first-order valence-corrected chi connectivity index (χ1v) is 8.46.